The third-order valence-corrected chi connectivity index (χ3v) is 0.759. The van der Waals surface area contributed by atoms with Crippen molar-refractivity contribution >= 4 is 6.01 Å². The third kappa shape index (κ3) is 1.56. The van der Waals surface area contributed by atoms with E-state index < -0.39 is 0 Å². The summed E-state index contributed by atoms with van der Waals surface area (Å²) in [6.07, 6.45) is 3.05. The molecule has 4 nitrogen and oxygen atoms in total. The van der Waals surface area contributed by atoms with Crippen LogP contribution in [-0.4, -0.2) is 16.7 Å². The van der Waals surface area contributed by atoms with Crippen molar-refractivity contribution in [1.82, 2.24) is 10.1 Å². The summed E-state index contributed by atoms with van der Waals surface area (Å²) in [5, 5.41) is 6.21. The summed E-state index contributed by atoms with van der Waals surface area (Å²) < 4.78 is 4.62. The van der Waals surface area contributed by atoms with Gasteiger partial charge in [-0.05, 0) is 0 Å². The normalized spacial score (nSPS) is 8.89. The van der Waals surface area contributed by atoms with Crippen molar-refractivity contribution in [1.29, 1.82) is 0 Å². The molecule has 0 radical (unpaired) electrons. The van der Waals surface area contributed by atoms with E-state index in [1.54, 1.807) is 6.08 Å². The van der Waals surface area contributed by atoms with E-state index in [1.807, 2.05) is 0 Å². The molecule has 4 heteroatoms. The lowest BCUT2D eigenvalue weighted by Gasteiger charge is -1.90. The number of hydrogen-bond donors (Lipinski definition) is 1. The second-order valence-electron chi connectivity index (χ2n) is 1.42. The second-order valence-corrected chi connectivity index (χ2v) is 1.42. The van der Waals surface area contributed by atoms with Crippen molar-refractivity contribution in [2.24, 2.45) is 0 Å². The fourth-order valence-electron chi connectivity index (χ4n) is 0.410. The van der Waals surface area contributed by atoms with Gasteiger partial charge in [0.1, 0.15) is 0 Å². The van der Waals surface area contributed by atoms with Crippen LogP contribution in [0.3, 0.4) is 0 Å². The van der Waals surface area contributed by atoms with Gasteiger partial charge < -0.3 is 9.84 Å². The molecule has 1 rings (SSSR count). The Kier molecular flexibility index (Phi) is 1.85. The fraction of sp³-hybridized carbons (Fsp3) is 0.200. The maximum absolute atomic E-state index is 4.62. The second kappa shape index (κ2) is 2.86. The van der Waals surface area contributed by atoms with Crippen LogP contribution in [0, 0.1) is 0 Å². The molecule has 1 N–H and O–H groups in total. The van der Waals surface area contributed by atoms with Crippen molar-refractivity contribution in [3.63, 3.8) is 0 Å². The van der Waals surface area contributed by atoms with Crippen LogP contribution in [0.4, 0.5) is 6.01 Å². The van der Waals surface area contributed by atoms with Gasteiger partial charge in [-0.25, -0.2) is 0 Å². The Balaban J connectivity index is 2.38. The van der Waals surface area contributed by atoms with E-state index in [0.717, 1.165) is 0 Å². The molecule has 1 aromatic heterocycles. The molecule has 1 aromatic rings. The van der Waals surface area contributed by atoms with Crippen LogP contribution >= 0.6 is 0 Å². The summed E-state index contributed by atoms with van der Waals surface area (Å²) in [6, 6.07) is 0.426. The standard InChI is InChI=1S/C5H7N3O/c1-2-3-6-5-7-4-8-9-5/h2,4H,1,3H2,(H,6,7,8). The van der Waals surface area contributed by atoms with Crippen LogP contribution in [0.25, 0.3) is 0 Å². The molecular weight excluding hydrogens is 118 g/mol. The van der Waals surface area contributed by atoms with Crippen LogP contribution in [0.5, 0.6) is 0 Å². The summed E-state index contributed by atoms with van der Waals surface area (Å²) in [6.45, 7) is 4.15. The van der Waals surface area contributed by atoms with Gasteiger partial charge in [-0.3, -0.25) is 0 Å². The Hall–Kier alpha value is -1.32. The van der Waals surface area contributed by atoms with Gasteiger partial charge in [-0.15, -0.1) is 6.58 Å². The fourth-order valence-corrected chi connectivity index (χ4v) is 0.410. The zero-order chi connectivity index (χ0) is 6.53. The molecule has 0 bridgehead atoms. The predicted molar refractivity (Wildman–Crippen MR) is 33.0 cm³/mol. The van der Waals surface area contributed by atoms with Crippen molar-refractivity contribution in [3.8, 4) is 0 Å². The van der Waals surface area contributed by atoms with Gasteiger partial charge >= 0.3 is 6.01 Å². The molecule has 0 aromatic carbocycles. The van der Waals surface area contributed by atoms with Crippen LogP contribution in [0.15, 0.2) is 23.5 Å². The maximum Gasteiger partial charge on any atom is 0.321 e. The molecule has 0 fully saturated rings. The highest BCUT2D eigenvalue weighted by Gasteiger charge is 1.90. The third-order valence-electron chi connectivity index (χ3n) is 0.759. The van der Waals surface area contributed by atoms with Crippen LogP contribution in [0.2, 0.25) is 0 Å². The minimum Gasteiger partial charge on any atom is -0.334 e. The van der Waals surface area contributed by atoms with Crippen molar-refractivity contribution < 1.29 is 4.52 Å². The maximum atomic E-state index is 4.62. The first-order valence-corrected chi connectivity index (χ1v) is 2.55. The molecule has 0 atom stereocenters. The first-order valence-electron chi connectivity index (χ1n) is 2.55. The molecule has 0 amide bonds. The lowest BCUT2D eigenvalue weighted by molar-refractivity contribution is 0.431. The highest BCUT2D eigenvalue weighted by atomic mass is 16.5. The first-order chi connectivity index (χ1) is 4.43. The molecule has 0 saturated carbocycles. The van der Waals surface area contributed by atoms with E-state index in [1.165, 1.54) is 6.33 Å². The van der Waals surface area contributed by atoms with Gasteiger partial charge in [0.25, 0.3) is 0 Å². The van der Waals surface area contributed by atoms with E-state index in [4.69, 9.17) is 0 Å². The predicted octanol–water partition coefficient (Wildman–Crippen LogP) is 0.667. The summed E-state index contributed by atoms with van der Waals surface area (Å²) >= 11 is 0. The Labute approximate surface area is 52.6 Å². The molecule has 0 aliphatic rings. The molecule has 0 unspecified atom stereocenters. The largest absolute Gasteiger partial charge is 0.334 e. The zero-order valence-corrected chi connectivity index (χ0v) is 4.87. The molecule has 1 heterocycles. The average Bonchev–Trinajstić information content (AvgIpc) is 2.34. The topological polar surface area (TPSA) is 51.0 Å². The van der Waals surface area contributed by atoms with E-state index in [-0.39, 0.29) is 0 Å². The Morgan fingerprint density at radius 3 is 3.33 bits per heavy atom. The molecule has 48 valence electrons. The van der Waals surface area contributed by atoms with Gasteiger partial charge in [0.2, 0.25) is 0 Å². The quantitative estimate of drug-likeness (QED) is 0.603. The number of nitrogens with zero attached hydrogens (tertiary/aromatic N) is 2. The van der Waals surface area contributed by atoms with E-state index in [0.29, 0.717) is 12.6 Å². The summed E-state index contributed by atoms with van der Waals surface area (Å²) in [4.78, 5) is 3.72. The van der Waals surface area contributed by atoms with Crippen molar-refractivity contribution in [3.05, 3.63) is 19.0 Å². The smallest absolute Gasteiger partial charge is 0.321 e. The number of anilines is 1. The zero-order valence-electron chi connectivity index (χ0n) is 4.87. The summed E-state index contributed by atoms with van der Waals surface area (Å²) in [7, 11) is 0. The number of rotatable bonds is 3. The monoisotopic (exact) mass is 125 g/mol. The number of nitrogens with one attached hydrogen (secondary N) is 1. The Bertz CT molecular complexity index is 170. The van der Waals surface area contributed by atoms with Gasteiger partial charge in [-0.1, -0.05) is 11.2 Å². The molecule has 0 aliphatic heterocycles. The van der Waals surface area contributed by atoms with Crippen molar-refractivity contribution in [2.75, 3.05) is 11.9 Å². The molecule has 0 saturated heterocycles. The highest BCUT2D eigenvalue weighted by molar-refractivity contribution is 5.16. The van der Waals surface area contributed by atoms with Gasteiger partial charge in [0.15, 0.2) is 6.33 Å². The van der Waals surface area contributed by atoms with E-state index >= 15 is 0 Å². The number of aromatic nitrogens is 2. The molecule has 0 aliphatic carbocycles. The minimum atomic E-state index is 0.426. The lowest BCUT2D eigenvalue weighted by atomic mass is 10.6. The number of hydrogen-bond acceptors (Lipinski definition) is 4. The van der Waals surface area contributed by atoms with Crippen molar-refractivity contribution in [2.45, 2.75) is 0 Å². The Morgan fingerprint density at radius 1 is 1.89 bits per heavy atom. The van der Waals surface area contributed by atoms with Gasteiger partial charge in [0, 0.05) is 6.54 Å². The van der Waals surface area contributed by atoms with Crippen LogP contribution < -0.4 is 5.32 Å². The molecular formula is C5H7N3O. The average molecular weight is 125 g/mol. The first kappa shape index (κ1) is 5.81. The van der Waals surface area contributed by atoms with Gasteiger partial charge in [0.05, 0.1) is 0 Å². The highest BCUT2D eigenvalue weighted by Crippen LogP contribution is 1.95. The molecule has 9 heavy (non-hydrogen) atoms. The Morgan fingerprint density at radius 2 is 2.78 bits per heavy atom. The van der Waals surface area contributed by atoms with E-state index in [2.05, 4.69) is 26.6 Å². The minimum absolute atomic E-state index is 0.426. The van der Waals surface area contributed by atoms with E-state index in [9.17, 15) is 0 Å². The molecule has 0 spiro atoms. The summed E-state index contributed by atoms with van der Waals surface area (Å²) in [5.41, 5.74) is 0. The van der Waals surface area contributed by atoms with Crippen LogP contribution in [-0.2, 0) is 0 Å². The summed E-state index contributed by atoms with van der Waals surface area (Å²) in [5.74, 6) is 0. The lowest BCUT2D eigenvalue weighted by Crippen LogP contribution is -1.96. The SMILES string of the molecule is C=CCNc1ncno1. The van der Waals surface area contributed by atoms with Crippen LogP contribution in [0.1, 0.15) is 0 Å². The van der Waals surface area contributed by atoms with Gasteiger partial charge in [-0.2, -0.15) is 4.98 Å².